The van der Waals surface area contributed by atoms with Crippen LogP contribution in [0.3, 0.4) is 0 Å². The van der Waals surface area contributed by atoms with Gasteiger partial charge in [-0.2, -0.15) is 0 Å². The molecule has 0 spiro atoms. The fraction of sp³-hybridized carbons (Fsp3) is 1.00. The quantitative estimate of drug-likeness (QED) is 0.477. The molecule has 4 heteroatoms. The Labute approximate surface area is 70.6 Å². The molecule has 2 nitrogen and oxygen atoms in total. The summed E-state index contributed by atoms with van der Waals surface area (Å²) in [5, 5.41) is 0. The van der Waals surface area contributed by atoms with Crippen LogP contribution < -0.4 is 0 Å². The number of rotatable bonds is 1. The first-order valence-electron chi connectivity index (χ1n) is 4.38. The molecule has 11 heavy (non-hydrogen) atoms. The zero-order valence-electron chi connectivity index (χ0n) is 7.03. The fourth-order valence-electron chi connectivity index (χ4n) is 2.39. The maximum Gasteiger partial charge on any atom is 0.205 e. The Hall–Kier alpha value is 0.0499. The maximum absolute atomic E-state index is 5.77. The lowest BCUT2D eigenvalue weighted by atomic mass is 9.90. The van der Waals surface area contributed by atoms with E-state index in [1.54, 1.807) is 0 Å². The van der Waals surface area contributed by atoms with Gasteiger partial charge >= 0.3 is 0 Å². The number of nitrogens with zero attached hydrogens (tertiary/aromatic N) is 2. The van der Waals surface area contributed by atoms with Gasteiger partial charge in [0.15, 0.2) is 7.98 Å². The van der Waals surface area contributed by atoms with E-state index in [0.29, 0.717) is 12.1 Å². The zero-order chi connectivity index (χ0) is 7.84. The van der Waals surface area contributed by atoms with Crippen LogP contribution >= 0.6 is 0 Å². The Bertz CT molecular complexity index is 139. The second-order valence-electron chi connectivity index (χ2n) is 3.54. The normalized spacial score (nSPS) is 39.4. The molecule has 0 N–H and O–H groups in total. The van der Waals surface area contributed by atoms with Crippen molar-refractivity contribution < 1.29 is 0 Å². The lowest BCUT2D eigenvalue weighted by Gasteiger charge is -2.39. The second-order valence-corrected chi connectivity index (χ2v) is 3.54. The third-order valence-corrected chi connectivity index (χ3v) is 2.87. The van der Waals surface area contributed by atoms with Crippen LogP contribution in [-0.4, -0.2) is 50.2 Å². The first-order valence-corrected chi connectivity index (χ1v) is 4.38. The van der Waals surface area contributed by atoms with Crippen molar-refractivity contribution in [3.63, 3.8) is 0 Å². The SMILES string of the molecule is [B]N1CC2CCC(C1)N2[B]C. The molecule has 2 fully saturated rings. The van der Waals surface area contributed by atoms with Crippen molar-refractivity contribution in [1.82, 2.24) is 9.62 Å². The van der Waals surface area contributed by atoms with Gasteiger partial charge in [0.05, 0.1) is 0 Å². The molecule has 2 unspecified atom stereocenters. The van der Waals surface area contributed by atoms with E-state index < -0.39 is 0 Å². The molecule has 2 saturated heterocycles. The van der Waals surface area contributed by atoms with Gasteiger partial charge in [0.1, 0.15) is 0 Å². The highest BCUT2D eigenvalue weighted by molar-refractivity contribution is 6.30. The number of fused-ring (bicyclic) bond motifs is 2. The van der Waals surface area contributed by atoms with Gasteiger partial charge in [-0.1, -0.05) is 6.82 Å². The third kappa shape index (κ3) is 1.23. The summed E-state index contributed by atoms with van der Waals surface area (Å²) in [6.07, 6.45) is 2.64. The summed E-state index contributed by atoms with van der Waals surface area (Å²) in [6.45, 7) is 4.21. The van der Waals surface area contributed by atoms with Crippen molar-refractivity contribution in [2.75, 3.05) is 13.1 Å². The minimum absolute atomic E-state index is 0.698. The van der Waals surface area contributed by atoms with Crippen LogP contribution in [0.2, 0.25) is 6.82 Å². The molecule has 2 rings (SSSR count). The molecule has 57 valence electrons. The van der Waals surface area contributed by atoms with Crippen molar-refractivity contribution >= 4 is 15.4 Å². The van der Waals surface area contributed by atoms with Crippen molar-refractivity contribution in [1.29, 1.82) is 0 Å². The Morgan fingerprint density at radius 2 is 1.82 bits per heavy atom. The van der Waals surface area contributed by atoms with E-state index in [0.717, 1.165) is 13.1 Å². The highest BCUT2D eigenvalue weighted by atomic mass is 15.3. The van der Waals surface area contributed by atoms with Crippen LogP contribution in [0.4, 0.5) is 0 Å². The van der Waals surface area contributed by atoms with Crippen LogP contribution in [-0.2, 0) is 0 Å². The average Bonchev–Trinajstić information content (AvgIpc) is 2.23. The first-order chi connectivity index (χ1) is 5.31. The Morgan fingerprint density at radius 3 is 2.27 bits per heavy atom. The lowest BCUT2D eigenvalue weighted by molar-refractivity contribution is 0.201. The molecule has 0 aromatic rings. The highest BCUT2D eigenvalue weighted by Crippen LogP contribution is 2.27. The number of piperazine rings is 1. The van der Waals surface area contributed by atoms with Gasteiger partial charge in [-0.25, -0.2) is 0 Å². The van der Waals surface area contributed by atoms with Crippen LogP contribution in [0, 0.1) is 0 Å². The molecular weight excluding hydrogens is 134 g/mol. The van der Waals surface area contributed by atoms with Crippen LogP contribution in [0.25, 0.3) is 0 Å². The minimum atomic E-state index is 0.698. The van der Waals surface area contributed by atoms with Gasteiger partial charge in [0.2, 0.25) is 7.41 Å². The molecule has 3 radical (unpaired) electrons. The van der Waals surface area contributed by atoms with E-state index in [4.69, 9.17) is 7.98 Å². The van der Waals surface area contributed by atoms with Gasteiger partial charge in [-0.15, -0.1) is 0 Å². The maximum atomic E-state index is 5.77. The largest absolute Gasteiger partial charge is 0.351 e. The molecule has 2 aliphatic rings. The summed E-state index contributed by atoms with van der Waals surface area (Å²) in [4.78, 5) is 4.44. The molecule has 2 aliphatic heterocycles. The van der Waals surface area contributed by atoms with Crippen molar-refractivity contribution in [2.24, 2.45) is 0 Å². The van der Waals surface area contributed by atoms with E-state index in [9.17, 15) is 0 Å². The van der Waals surface area contributed by atoms with E-state index in [-0.39, 0.29) is 0 Å². The average molecular weight is 147 g/mol. The van der Waals surface area contributed by atoms with Crippen molar-refractivity contribution in [3.05, 3.63) is 0 Å². The predicted octanol–water partition coefficient (Wildman–Crippen LogP) is -0.114. The van der Waals surface area contributed by atoms with E-state index >= 15 is 0 Å². The van der Waals surface area contributed by atoms with E-state index in [2.05, 4.69) is 19.0 Å². The third-order valence-electron chi connectivity index (χ3n) is 2.87. The molecule has 2 heterocycles. The molecule has 0 aliphatic carbocycles. The Kier molecular flexibility index (Phi) is 1.98. The molecule has 0 aromatic carbocycles. The molecular formula is C7H13B2N2. The summed E-state index contributed by atoms with van der Waals surface area (Å²) >= 11 is 0. The van der Waals surface area contributed by atoms with Crippen molar-refractivity contribution in [2.45, 2.75) is 31.7 Å². The monoisotopic (exact) mass is 147 g/mol. The van der Waals surface area contributed by atoms with Gasteiger partial charge < -0.3 is 9.62 Å². The smallest absolute Gasteiger partial charge is 0.205 e. The summed E-state index contributed by atoms with van der Waals surface area (Å²) in [5.41, 5.74) is 0. The van der Waals surface area contributed by atoms with E-state index in [1.807, 2.05) is 4.81 Å². The lowest BCUT2D eigenvalue weighted by Crippen LogP contribution is -2.53. The Balaban J connectivity index is 2.06. The van der Waals surface area contributed by atoms with Crippen LogP contribution in [0.5, 0.6) is 0 Å². The molecule has 0 amide bonds. The standard InChI is InChI=1S/C7H13B2N2/c1-9-11-6-2-3-7(11)5-10(8)4-6/h6-7H,2-5H2,1H3. The number of hydrogen-bond acceptors (Lipinski definition) is 2. The van der Waals surface area contributed by atoms with Gasteiger partial charge in [-0.3, -0.25) is 0 Å². The molecule has 0 saturated carbocycles. The molecule has 0 aromatic heterocycles. The highest BCUT2D eigenvalue weighted by Gasteiger charge is 2.36. The first kappa shape index (κ1) is 7.69. The minimum Gasteiger partial charge on any atom is -0.351 e. The fourth-order valence-corrected chi connectivity index (χ4v) is 2.39. The summed E-state index contributed by atoms with van der Waals surface area (Å²) in [7, 11) is 7.98. The van der Waals surface area contributed by atoms with Crippen LogP contribution in [0.15, 0.2) is 0 Å². The summed E-state index contributed by atoms with van der Waals surface area (Å²) in [5.74, 6) is 0. The number of hydrogen-bond donors (Lipinski definition) is 0. The molecule has 2 bridgehead atoms. The Morgan fingerprint density at radius 1 is 1.27 bits per heavy atom. The van der Waals surface area contributed by atoms with Gasteiger partial charge in [-0.05, 0) is 12.8 Å². The van der Waals surface area contributed by atoms with Crippen LogP contribution in [0.1, 0.15) is 12.8 Å². The topological polar surface area (TPSA) is 6.48 Å². The van der Waals surface area contributed by atoms with Gasteiger partial charge in [0, 0.05) is 25.2 Å². The summed E-state index contributed by atoms with van der Waals surface area (Å²) < 4.78 is 0. The van der Waals surface area contributed by atoms with Crippen molar-refractivity contribution in [3.8, 4) is 0 Å². The second kappa shape index (κ2) is 2.83. The predicted molar refractivity (Wildman–Crippen MR) is 47.6 cm³/mol. The van der Waals surface area contributed by atoms with E-state index in [1.165, 1.54) is 12.8 Å². The zero-order valence-corrected chi connectivity index (χ0v) is 7.03. The van der Waals surface area contributed by atoms with Gasteiger partial charge in [0.25, 0.3) is 0 Å². The summed E-state index contributed by atoms with van der Waals surface area (Å²) in [6, 6.07) is 1.40. The molecule has 2 atom stereocenters.